The highest BCUT2D eigenvalue weighted by atomic mass is 32.2. The van der Waals surface area contributed by atoms with Crippen molar-refractivity contribution >= 4 is 11.8 Å². The minimum absolute atomic E-state index is 0.482. The monoisotopic (exact) mass is 202 g/mol. The molecule has 0 bridgehead atoms. The van der Waals surface area contributed by atoms with Crippen molar-refractivity contribution in [2.75, 3.05) is 19.5 Å². The first kappa shape index (κ1) is 10.4. The number of hydrogen-bond donors (Lipinski definition) is 0. The Bertz CT molecular complexity index is 260. The van der Waals surface area contributed by atoms with E-state index >= 15 is 0 Å². The maximum atomic E-state index is 12.6. The van der Waals surface area contributed by atoms with Crippen LogP contribution in [0.5, 0.6) is 0 Å². The Morgan fingerprint density at radius 2 is 2.38 bits per heavy atom. The number of rotatable bonds is 5. The molecule has 0 aliphatic heterocycles. The van der Waals surface area contributed by atoms with Crippen molar-refractivity contribution in [3.8, 4) is 0 Å². The zero-order valence-corrected chi connectivity index (χ0v) is 8.18. The van der Waals surface area contributed by atoms with Crippen LogP contribution in [0.3, 0.4) is 0 Å². The second-order valence-electron chi connectivity index (χ2n) is 2.37. The molecule has 1 aromatic rings. The summed E-state index contributed by atoms with van der Waals surface area (Å²) >= 11 is 1.50. The highest BCUT2D eigenvalue weighted by molar-refractivity contribution is 7.99. The molecule has 72 valence electrons. The predicted molar refractivity (Wildman–Crippen MR) is 49.2 cm³/mol. The smallest absolute Gasteiger partial charge is 0.217 e. The lowest BCUT2D eigenvalue weighted by atomic mass is 10.5. The molecule has 1 heterocycles. The maximum Gasteiger partial charge on any atom is 0.217 e. The van der Waals surface area contributed by atoms with E-state index in [1.807, 2.05) is 0 Å². The van der Waals surface area contributed by atoms with Crippen molar-refractivity contribution in [3.63, 3.8) is 0 Å². The van der Waals surface area contributed by atoms with Gasteiger partial charge in [0, 0.05) is 25.5 Å². The Labute approximate surface area is 80.7 Å². The van der Waals surface area contributed by atoms with Crippen LogP contribution in [-0.4, -0.2) is 29.4 Å². The Morgan fingerprint density at radius 3 is 3.08 bits per heavy atom. The topological polar surface area (TPSA) is 35.0 Å². The van der Waals surface area contributed by atoms with Gasteiger partial charge in [0.05, 0.1) is 0 Å². The fourth-order valence-electron chi connectivity index (χ4n) is 0.776. The zero-order valence-electron chi connectivity index (χ0n) is 7.36. The normalized spacial score (nSPS) is 10.3. The van der Waals surface area contributed by atoms with Gasteiger partial charge in [0.1, 0.15) is 11.4 Å². The van der Waals surface area contributed by atoms with Crippen LogP contribution in [0.25, 0.3) is 0 Å². The van der Waals surface area contributed by atoms with E-state index in [2.05, 4.69) is 9.97 Å². The third kappa shape index (κ3) is 4.19. The van der Waals surface area contributed by atoms with Gasteiger partial charge in [-0.3, -0.25) is 0 Å². The number of hydrogen-bond acceptors (Lipinski definition) is 4. The molecule has 0 aromatic carbocycles. The van der Waals surface area contributed by atoms with Crippen molar-refractivity contribution in [3.05, 3.63) is 18.3 Å². The van der Waals surface area contributed by atoms with Gasteiger partial charge in [0.15, 0.2) is 0 Å². The van der Waals surface area contributed by atoms with Gasteiger partial charge in [-0.05, 0) is 6.42 Å². The molecule has 0 amide bonds. The standard InChI is InChI=1S/C8H11FN2OS/c1-12-3-2-4-13-8-5-7(9)10-6-11-8/h5-6H,2-4H2,1H3. The summed E-state index contributed by atoms with van der Waals surface area (Å²) in [6.07, 6.45) is 2.17. The van der Waals surface area contributed by atoms with Crippen LogP contribution in [-0.2, 0) is 4.74 Å². The van der Waals surface area contributed by atoms with Gasteiger partial charge in [-0.1, -0.05) is 0 Å². The highest BCUT2D eigenvalue weighted by Crippen LogP contribution is 2.15. The quantitative estimate of drug-likeness (QED) is 0.414. The molecule has 0 atom stereocenters. The Kier molecular flexibility index (Phi) is 4.70. The van der Waals surface area contributed by atoms with Crippen LogP contribution in [0.4, 0.5) is 4.39 Å². The van der Waals surface area contributed by atoms with Gasteiger partial charge in [-0.25, -0.2) is 9.97 Å². The fraction of sp³-hybridized carbons (Fsp3) is 0.500. The van der Waals surface area contributed by atoms with Gasteiger partial charge < -0.3 is 4.74 Å². The summed E-state index contributed by atoms with van der Waals surface area (Å²) in [6.45, 7) is 0.723. The largest absolute Gasteiger partial charge is 0.385 e. The molecule has 0 aliphatic rings. The average Bonchev–Trinajstić information content (AvgIpc) is 2.13. The second-order valence-corrected chi connectivity index (χ2v) is 3.49. The third-order valence-electron chi connectivity index (χ3n) is 1.35. The average molecular weight is 202 g/mol. The van der Waals surface area contributed by atoms with E-state index in [4.69, 9.17) is 4.74 Å². The molecule has 1 aromatic heterocycles. The number of methoxy groups -OCH3 is 1. The predicted octanol–water partition coefficient (Wildman–Crippen LogP) is 1.74. The van der Waals surface area contributed by atoms with Crippen molar-refractivity contribution < 1.29 is 9.13 Å². The van der Waals surface area contributed by atoms with Crippen LogP contribution >= 0.6 is 11.8 Å². The minimum atomic E-state index is -0.482. The maximum absolute atomic E-state index is 12.6. The molecule has 0 radical (unpaired) electrons. The van der Waals surface area contributed by atoms with Crippen LogP contribution in [0.1, 0.15) is 6.42 Å². The van der Waals surface area contributed by atoms with Crippen LogP contribution in [0.2, 0.25) is 0 Å². The van der Waals surface area contributed by atoms with Crippen molar-refractivity contribution in [1.82, 2.24) is 9.97 Å². The van der Waals surface area contributed by atoms with Crippen LogP contribution in [0.15, 0.2) is 17.4 Å². The lowest BCUT2D eigenvalue weighted by Crippen LogP contribution is -1.92. The van der Waals surface area contributed by atoms with Gasteiger partial charge in [-0.2, -0.15) is 4.39 Å². The first-order chi connectivity index (χ1) is 6.33. The minimum Gasteiger partial charge on any atom is -0.385 e. The number of thioether (sulfide) groups is 1. The second kappa shape index (κ2) is 5.88. The molecule has 0 aliphatic carbocycles. The van der Waals surface area contributed by atoms with E-state index in [0.717, 1.165) is 18.8 Å². The van der Waals surface area contributed by atoms with E-state index in [1.54, 1.807) is 7.11 Å². The van der Waals surface area contributed by atoms with Crippen molar-refractivity contribution in [1.29, 1.82) is 0 Å². The van der Waals surface area contributed by atoms with Crippen molar-refractivity contribution in [2.45, 2.75) is 11.4 Å². The first-order valence-electron chi connectivity index (χ1n) is 3.92. The first-order valence-corrected chi connectivity index (χ1v) is 4.91. The van der Waals surface area contributed by atoms with Gasteiger partial charge in [0.2, 0.25) is 5.95 Å². The SMILES string of the molecule is COCCCSc1cc(F)ncn1. The molecule has 1 rings (SSSR count). The molecule has 3 nitrogen and oxygen atoms in total. The zero-order chi connectivity index (χ0) is 9.52. The van der Waals surface area contributed by atoms with Gasteiger partial charge in [0.25, 0.3) is 0 Å². The summed E-state index contributed by atoms with van der Waals surface area (Å²) in [5.74, 6) is 0.397. The van der Waals surface area contributed by atoms with E-state index in [0.29, 0.717) is 5.03 Å². The molecular weight excluding hydrogens is 191 g/mol. The molecule has 0 unspecified atom stereocenters. The van der Waals surface area contributed by atoms with Crippen LogP contribution < -0.4 is 0 Å². The lowest BCUT2D eigenvalue weighted by molar-refractivity contribution is 0.200. The summed E-state index contributed by atoms with van der Waals surface area (Å²) in [6, 6.07) is 1.33. The fourth-order valence-corrected chi connectivity index (χ4v) is 1.55. The number of aromatic nitrogens is 2. The summed E-state index contributed by atoms with van der Waals surface area (Å²) in [7, 11) is 1.66. The molecule has 0 saturated carbocycles. The molecule has 0 fully saturated rings. The summed E-state index contributed by atoms with van der Waals surface area (Å²) in [5, 5.41) is 0.670. The van der Waals surface area contributed by atoms with E-state index < -0.39 is 5.95 Å². The highest BCUT2D eigenvalue weighted by Gasteiger charge is 1.97. The summed E-state index contributed by atoms with van der Waals surface area (Å²) in [5.41, 5.74) is 0. The third-order valence-corrected chi connectivity index (χ3v) is 2.36. The van der Waals surface area contributed by atoms with E-state index in [1.165, 1.54) is 24.2 Å². The van der Waals surface area contributed by atoms with E-state index in [9.17, 15) is 4.39 Å². The number of nitrogens with zero attached hydrogens (tertiary/aromatic N) is 2. The molecule has 5 heteroatoms. The molecule has 13 heavy (non-hydrogen) atoms. The van der Waals surface area contributed by atoms with Gasteiger partial charge >= 0.3 is 0 Å². The molecule has 0 spiro atoms. The number of ether oxygens (including phenoxy) is 1. The van der Waals surface area contributed by atoms with Gasteiger partial charge in [-0.15, -0.1) is 11.8 Å². The molecule has 0 N–H and O–H groups in total. The Balaban J connectivity index is 2.28. The van der Waals surface area contributed by atoms with Crippen LogP contribution in [0, 0.1) is 5.95 Å². The van der Waals surface area contributed by atoms with Crippen molar-refractivity contribution in [2.24, 2.45) is 0 Å². The summed E-state index contributed by atoms with van der Waals surface area (Å²) in [4.78, 5) is 7.28. The Morgan fingerprint density at radius 1 is 1.54 bits per heavy atom. The number of halogens is 1. The van der Waals surface area contributed by atoms with E-state index in [-0.39, 0.29) is 0 Å². The lowest BCUT2D eigenvalue weighted by Gasteiger charge is -1.99. The molecule has 0 saturated heterocycles. The Hall–Kier alpha value is -0.680. The summed E-state index contributed by atoms with van der Waals surface area (Å²) < 4.78 is 17.4. The molecular formula is C8H11FN2OS.